The first kappa shape index (κ1) is 17.9. The van der Waals surface area contributed by atoms with E-state index in [9.17, 15) is 8.42 Å². The maximum absolute atomic E-state index is 12.4. The molecule has 0 spiro atoms. The van der Waals surface area contributed by atoms with Crippen LogP contribution in [0.15, 0.2) is 41.8 Å². The van der Waals surface area contributed by atoms with Crippen LogP contribution in [0.3, 0.4) is 0 Å². The highest BCUT2D eigenvalue weighted by atomic mass is 32.2. The van der Waals surface area contributed by atoms with Crippen molar-refractivity contribution in [1.82, 2.24) is 9.62 Å². The second-order valence-electron chi connectivity index (χ2n) is 5.00. The minimum Gasteiger partial charge on any atom is -0.317 e. The molecule has 1 aromatic carbocycles. The standard InChI is InChI=1S/C16H26N2O2S/c1-4-6-7-14-18(3)21(19,20)16-10-8-15(9-11-16)12-13-17-5-2/h4,8-11,17H,1,5-7,12-14H2,2-3H3. The molecule has 0 saturated carbocycles. The largest absolute Gasteiger partial charge is 0.317 e. The average molecular weight is 310 g/mol. The van der Waals surface area contributed by atoms with E-state index in [1.54, 1.807) is 25.3 Å². The molecule has 0 fully saturated rings. The summed E-state index contributed by atoms with van der Waals surface area (Å²) >= 11 is 0. The monoisotopic (exact) mass is 310 g/mol. The van der Waals surface area contributed by atoms with Gasteiger partial charge in [-0.25, -0.2) is 12.7 Å². The van der Waals surface area contributed by atoms with Gasteiger partial charge in [0.05, 0.1) is 4.90 Å². The zero-order valence-electron chi connectivity index (χ0n) is 13.0. The van der Waals surface area contributed by atoms with Gasteiger partial charge in [0, 0.05) is 13.6 Å². The molecule has 4 nitrogen and oxygen atoms in total. The summed E-state index contributed by atoms with van der Waals surface area (Å²) in [6.07, 6.45) is 4.33. The zero-order chi connectivity index (χ0) is 15.7. The normalized spacial score (nSPS) is 11.8. The van der Waals surface area contributed by atoms with Crippen molar-refractivity contribution >= 4 is 10.0 Å². The summed E-state index contributed by atoms with van der Waals surface area (Å²) in [6.45, 7) is 8.08. The van der Waals surface area contributed by atoms with Crippen LogP contribution in [0.5, 0.6) is 0 Å². The lowest BCUT2D eigenvalue weighted by atomic mass is 10.1. The lowest BCUT2D eigenvalue weighted by molar-refractivity contribution is 0.463. The van der Waals surface area contributed by atoms with Crippen molar-refractivity contribution in [3.63, 3.8) is 0 Å². The quantitative estimate of drug-likeness (QED) is 0.533. The van der Waals surface area contributed by atoms with E-state index in [2.05, 4.69) is 18.8 Å². The van der Waals surface area contributed by atoms with E-state index in [0.29, 0.717) is 11.4 Å². The maximum atomic E-state index is 12.4. The Bertz CT molecular complexity index is 524. The molecule has 1 aromatic rings. The van der Waals surface area contributed by atoms with Crippen molar-refractivity contribution in [3.8, 4) is 0 Å². The highest BCUT2D eigenvalue weighted by molar-refractivity contribution is 7.89. The van der Waals surface area contributed by atoms with Crippen LogP contribution in [-0.2, 0) is 16.4 Å². The van der Waals surface area contributed by atoms with Gasteiger partial charge in [-0.3, -0.25) is 0 Å². The second-order valence-corrected chi connectivity index (χ2v) is 7.05. The molecule has 5 heteroatoms. The zero-order valence-corrected chi connectivity index (χ0v) is 13.8. The Balaban J connectivity index is 2.68. The van der Waals surface area contributed by atoms with Crippen LogP contribution in [0.4, 0.5) is 0 Å². The first-order valence-corrected chi connectivity index (χ1v) is 8.83. The number of hydrogen-bond donors (Lipinski definition) is 1. The van der Waals surface area contributed by atoms with Gasteiger partial charge in [-0.15, -0.1) is 6.58 Å². The molecular formula is C16H26N2O2S. The fourth-order valence-electron chi connectivity index (χ4n) is 2.00. The van der Waals surface area contributed by atoms with Crippen LogP contribution in [-0.4, -0.2) is 39.4 Å². The molecule has 0 radical (unpaired) electrons. The van der Waals surface area contributed by atoms with E-state index in [1.807, 2.05) is 12.1 Å². The number of likely N-dealkylation sites (N-methyl/N-ethyl adjacent to an activating group) is 1. The molecule has 0 saturated heterocycles. The molecule has 0 amide bonds. The van der Waals surface area contributed by atoms with Crippen molar-refractivity contribution < 1.29 is 8.42 Å². The third-order valence-corrected chi connectivity index (χ3v) is 5.22. The van der Waals surface area contributed by atoms with Crippen LogP contribution in [0.1, 0.15) is 25.3 Å². The molecule has 0 aliphatic carbocycles. The van der Waals surface area contributed by atoms with Gasteiger partial charge < -0.3 is 5.32 Å². The number of rotatable bonds is 10. The Kier molecular flexibility index (Phi) is 7.64. The van der Waals surface area contributed by atoms with Crippen LogP contribution in [0.25, 0.3) is 0 Å². The average Bonchev–Trinajstić information content (AvgIpc) is 2.48. The van der Waals surface area contributed by atoms with Gasteiger partial charge in [-0.05, 0) is 50.0 Å². The molecular weight excluding hydrogens is 284 g/mol. The predicted octanol–water partition coefficient (Wildman–Crippen LogP) is 2.43. The van der Waals surface area contributed by atoms with E-state index in [-0.39, 0.29) is 0 Å². The highest BCUT2D eigenvalue weighted by Gasteiger charge is 2.19. The number of hydrogen-bond acceptors (Lipinski definition) is 3. The van der Waals surface area contributed by atoms with Gasteiger partial charge in [-0.1, -0.05) is 25.1 Å². The fourth-order valence-corrected chi connectivity index (χ4v) is 3.21. The summed E-state index contributed by atoms with van der Waals surface area (Å²) in [6, 6.07) is 7.17. The van der Waals surface area contributed by atoms with Crippen molar-refractivity contribution in [3.05, 3.63) is 42.5 Å². The summed E-state index contributed by atoms with van der Waals surface area (Å²) < 4.78 is 26.2. The van der Waals surface area contributed by atoms with Gasteiger partial charge in [0.2, 0.25) is 10.0 Å². The molecule has 21 heavy (non-hydrogen) atoms. The first-order chi connectivity index (χ1) is 10.0. The van der Waals surface area contributed by atoms with Crippen molar-refractivity contribution in [2.75, 3.05) is 26.7 Å². The summed E-state index contributed by atoms with van der Waals surface area (Å²) in [5, 5.41) is 3.25. The molecule has 1 rings (SSSR count). The molecule has 0 aromatic heterocycles. The predicted molar refractivity (Wildman–Crippen MR) is 87.9 cm³/mol. The highest BCUT2D eigenvalue weighted by Crippen LogP contribution is 2.16. The second kappa shape index (κ2) is 8.97. The summed E-state index contributed by atoms with van der Waals surface area (Å²) in [4.78, 5) is 0.357. The molecule has 0 bridgehead atoms. The third kappa shape index (κ3) is 5.61. The molecule has 0 aliphatic rings. The van der Waals surface area contributed by atoms with Gasteiger partial charge in [0.25, 0.3) is 0 Å². The maximum Gasteiger partial charge on any atom is 0.242 e. The number of benzene rings is 1. The number of unbranched alkanes of at least 4 members (excludes halogenated alkanes) is 1. The summed E-state index contributed by atoms with van der Waals surface area (Å²) in [7, 11) is -1.76. The van der Waals surface area contributed by atoms with Crippen LogP contribution in [0, 0.1) is 0 Å². The molecule has 0 unspecified atom stereocenters. The Hall–Kier alpha value is -1.17. The fraction of sp³-hybridized carbons (Fsp3) is 0.500. The van der Waals surface area contributed by atoms with Crippen molar-refractivity contribution in [2.24, 2.45) is 0 Å². The minimum absolute atomic E-state index is 0.357. The van der Waals surface area contributed by atoms with Crippen LogP contribution < -0.4 is 5.32 Å². The Morgan fingerprint density at radius 1 is 1.29 bits per heavy atom. The van der Waals surface area contributed by atoms with Crippen molar-refractivity contribution in [1.29, 1.82) is 0 Å². The molecule has 0 aliphatic heterocycles. The molecule has 0 atom stereocenters. The molecule has 0 heterocycles. The topological polar surface area (TPSA) is 49.4 Å². The number of sulfonamides is 1. The number of nitrogens with zero attached hydrogens (tertiary/aromatic N) is 1. The Labute approximate surface area is 128 Å². The number of nitrogens with one attached hydrogen (secondary N) is 1. The Morgan fingerprint density at radius 2 is 1.95 bits per heavy atom. The van der Waals surface area contributed by atoms with E-state index in [1.165, 1.54) is 4.31 Å². The lowest BCUT2D eigenvalue weighted by Crippen LogP contribution is -2.27. The molecule has 1 N–H and O–H groups in total. The van der Waals surface area contributed by atoms with Crippen LogP contribution >= 0.6 is 0 Å². The molecule has 118 valence electrons. The minimum atomic E-state index is -3.38. The van der Waals surface area contributed by atoms with E-state index < -0.39 is 10.0 Å². The van der Waals surface area contributed by atoms with Crippen molar-refractivity contribution in [2.45, 2.75) is 31.1 Å². The lowest BCUT2D eigenvalue weighted by Gasteiger charge is -2.17. The van der Waals surface area contributed by atoms with Gasteiger partial charge in [0.1, 0.15) is 0 Å². The first-order valence-electron chi connectivity index (χ1n) is 7.39. The van der Waals surface area contributed by atoms with E-state index in [4.69, 9.17) is 0 Å². The van der Waals surface area contributed by atoms with E-state index >= 15 is 0 Å². The SMILES string of the molecule is C=CCCCN(C)S(=O)(=O)c1ccc(CCNCC)cc1. The van der Waals surface area contributed by atoms with Crippen LogP contribution in [0.2, 0.25) is 0 Å². The number of allylic oxidation sites excluding steroid dienone is 1. The Morgan fingerprint density at radius 3 is 2.52 bits per heavy atom. The van der Waals surface area contributed by atoms with Gasteiger partial charge in [0.15, 0.2) is 0 Å². The van der Waals surface area contributed by atoms with E-state index in [0.717, 1.165) is 37.9 Å². The summed E-state index contributed by atoms with van der Waals surface area (Å²) in [5.74, 6) is 0. The van der Waals surface area contributed by atoms with Gasteiger partial charge >= 0.3 is 0 Å². The summed E-state index contributed by atoms with van der Waals surface area (Å²) in [5.41, 5.74) is 1.14. The van der Waals surface area contributed by atoms with Gasteiger partial charge in [-0.2, -0.15) is 0 Å². The smallest absolute Gasteiger partial charge is 0.242 e. The third-order valence-electron chi connectivity index (χ3n) is 3.35.